The van der Waals surface area contributed by atoms with Crippen molar-refractivity contribution in [3.63, 3.8) is 0 Å². The Kier molecular flexibility index (Phi) is 5.61. The molecule has 4 rings (SSSR count). The fourth-order valence-electron chi connectivity index (χ4n) is 3.03. The van der Waals surface area contributed by atoms with E-state index in [0.29, 0.717) is 0 Å². The molecule has 164 valence electrons. The van der Waals surface area contributed by atoms with E-state index in [0.717, 1.165) is 11.6 Å². The summed E-state index contributed by atoms with van der Waals surface area (Å²) in [6.07, 6.45) is -4.97. The summed E-state index contributed by atoms with van der Waals surface area (Å²) in [4.78, 5) is 12.8. The number of fused-ring (bicyclic) bond motifs is 1. The molecule has 32 heavy (non-hydrogen) atoms. The third-order valence-corrected chi connectivity index (χ3v) is 4.67. The van der Waals surface area contributed by atoms with Gasteiger partial charge in [0.05, 0.1) is 5.39 Å². The van der Waals surface area contributed by atoms with E-state index in [2.05, 4.69) is 0 Å². The van der Waals surface area contributed by atoms with Crippen LogP contribution in [-0.4, -0.2) is 0 Å². The Morgan fingerprint density at radius 2 is 1.62 bits per heavy atom. The van der Waals surface area contributed by atoms with Crippen molar-refractivity contribution in [2.75, 3.05) is 0 Å². The normalized spacial score (nSPS) is 11.5. The lowest BCUT2D eigenvalue weighted by molar-refractivity contribution is -0.154. The van der Waals surface area contributed by atoms with Gasteiger partial charge in [-0.15, -0.1) is 0 Å². The summed E-state index contributed by atoms with van der Waals surface area (Å²) in [6, 6.07) is 16.0. The highest BCUT2D eigenvalue weighted by Gasteiger charge is 2.40. The second-order valence-corrected chi connectivity index (χ2v) is 7.04. The highest BCUT2D eigenvalue weighted by molar-refractivity contribution is 5.79. The lowest BCUT2D eigenvalue weighted by Crippen LogP contribution is -2.15. The molecule has 0 amide bonds. The zero-order chi connectivity index (χ0) is 22.9. The van der Waals surface area contributed by atoms with E-state index in [4.69, 9.17) is 13.9 Å². The van der Waals surface area contributed by atoms with Crippen LogP contribution in [0.5, 0.6) is 17.2 Å². The third-order valence-electron chi connectivity index (χ3n) is 4.67. The summed E-state index contributed by atoms with van der Waals surface area (Å²) < 4.78 is 70.5. The Morgan fingerprint density at radius 1 is 0.938 bits per heavy atom. The molecule has 0 atom stereocenters. The zero-order valence-corrected chi connectivity index (χ0v) is 16.7. The van der Waals surface area contributed by atoms with Crippen LogP contribution in [0, 0.1) is 12.7 Å². The van der Waals surface area contributed by atoms with E-state index in [1.165, 1.54) is 42.5 Å². The molecule has 0 fully saturated rings. The zero-order valence-electron chi connectivity index (χ0n) is 16.7. The Balaban J connectivity index is 1.73. The molecule has 4 nitrogen and oxygen atoms in total. The van der Waals surface area contributed by atoms with Gasteiger partial charge in [0.15, 0.2) is 0 Å². The van der Waals surface area contributed by atoms with Crippen molar-refractivity contribution in [2.45, 2.75) is 19.7 Å². The van der Waals surface area contributed by atoms with Crippen molar-refractivity contribution in [3.05, 3.63) is 99.7 Å². The highest BCUT2D eigenvalue weighted by Crippen LogP contribution is 2.38. The van der Waals surface area contributed by atoms with Gasteiger partial charge in [0.1, 0.15) is 29.5 Å². The number of rotatable bonds is 5. The molecular formula is C24H16F4O4. The maximum Gasteiger partial charge on any atom is 0.453 e. The van der Waals surface area contributed by atoms with Crippen molar-refractivity contribution < 1.29 is 31.5 Å². The molecule has 1 aromatic heterocycles. The van der Waals surface area contributed by atoms with Crippen molar-refractivity contribution in [3.8, 4) is 17.2 Å². The summed E-state index contributed by atoms with van der Waals surface area (Å²) >= 11 is 0. The van der Waals surface area contributed by atoms with Gasteiger partial charge < -0.3 is 13.9 Å². The summed E-state index contributed by atoms with van der Waals surface area (Å²) in [7, 11) is 0. The fraction of sp³-hybridized carbons (Fsp3) is 0.125. The number of hydrogen-bond donors (Lipinski definition) is 0. The van der Waals surface area contributed by atoms with Gasteiger partial charge in [-0.3, -0.25) is 4.79 Å². The molecule has 0 N–H and O–H groups in total. The van der Waals surface area contributed by atoms with Crippen LogP contribution in [0.15, 0.2) is 75.9 Å². The Morgan fingerprint density at radius 3 is 2.31 bits per heavy atom. The lowest BCUT2D eigenvalue weighted by Gasteiger charge is -2.14. The van der Waals surface area contributed by atoms with E-state index in [1.807, 2.05) is 0 Å². The average Bonchev–Trinajstić information content (AvgIpc) is 2.75. The van der Waals surface area contributed by atoms with E-state index in [9.17, 15) is 22.4 Å². The van der Waals surface area contributed by atoms with Crippen LogP contribution in [0.25, 0.3) is 11.0 Å². The SMILES string of the molecule is Cc1ccc(Oc2c(C(F)(F)F)oc3cc(OCc4ccccc4F)ccc3c2=O)cc1. The molecule has 1 heterocycles. The number of alkyl halides is 3. The van der Waals surface area contributed by atoms with E-state index < -0.39 is 28.9 Å². The van der Waals surface area contributed by atoms with Crippen LogP contribution in [0.3, 0.4) is 0 Å². The second kappa shape index (κ2) is 8.37. The van der Waals surface area contributed by atoms with E-state index in [-0.39, 0.29) is 34.6 Å². The smallest absolute Gasteiger partial charge is 0.453 e. The first-order valence-corrected chi connectivity index (χ1v) is 9.51. The van der Waals surface area contributed by atoms with Crippen molar-refractivity contribution in [2.24, 2.45) is 0 Å². The first-order valence-electron chi connectivity index (χ1n) is 9.51. The molecule has 0 spiro atoms. The quantitative estimate of drug-likeness (QED) is 0.324. The van der Waals surface area contributed by atoms with Gasteiger partial charge in [0.2, 0.25) is 11.2 Å². The van der Waals surface area contributed by atoms with Crippen LogP contribution in [0.2, 0.25) is 0 Å². The number of ether oxygens (including phenoxy) is 2. The van der Waals surface area contributed by atoms with Gasteiger partial charge >= 0.3 is 6.18 Å². The van der Waals surface area contributed by atoms with Crippen molar-refractivity contribution in [1.82, 2.24) is 0 Å². The average molecular weight is 444 g/mol. The second-order valence-electron chi connectivity index (χ2n) is 7.04. The molecule has 0 radical (unpaired) electrons. The van der Waals surface area contributed by atoms with Crippen LogP contribution in [0.1, 0.15) is 16.9 Å². The maximum atomic E-state index is 13.7. The monoisotopic (exact) mass is 444 g/mol. The molecule has 3 aromatic carbocycles. The van der Waals surface area contributed by atoms with Gasteiger partial charge in [-0.2, -0.15) is 13.2 Å². The van der Waals surface area contributed by atoms with Crippen molar-refractivity contribution in [1.29, 1.82) is 0 Å². The maximum absolute atomic E-state index is 13.7. The number of benzene rings is 3. The molecule has 0 bridgehead atoms. The largest absolute Gasteiger partial charge is 0.489 e. The summed E-state index contributed by atoms with van der Waals surface area (Å²) in [5.41, 5.74) is -0.154. The topological polar surface area (TPSA) is 48.7 Å². The first kappa shape index (κ1) is 21.4. The standard InChI is InChI=1S/C24H16F4O4/c1-14-6-8-16(9-7-14)31-22-21(29)18-11-10-17(12-20(18)32-23(22)24(26,27)28)30-13-15-4-2-3-5-19(15)25/h2-12H,13H2,1H3. The van der Waals surface area contributed by atoms with Crippen LogP contribution < -0.4 is 14.9 Å². The minimum absolute atomic E-state index is 0.0672. The van der Waals surface area contributed by atoms with Gasteiger partial charge in [-0.05, 0) is 37.3 Å². The highest BCUT2D eigenvalue weighted by atomic mass is 19.4. The first-order chi connectivity index (χ1) is 15.2. The van der Waals surface area contributed by atoms with Gasteiger partial charge in [0.25, 0.3) is 5.76 Å². The molecule has 0 unspecified atom stereocenters. The molecule has 0 aliphatic carbocycles. The number of hydrogen-bond acceptors (Lipinski definition) is 4. The lowest BCUT2D eigenvalue weighted by atomic mass is 10.2. The minimum Gasteiger partial charge on any atom is -0.489 e. The predicted octanol–water partition coefficient (Wildman–Crippen LogP) is 6.63. The van der Waals surface area contributed by atoms with E-state index in [1.54, 1.807) is 25.1 Å². The van der Waals surface area contributed by atoms with Crippen LogP contribution in [0.4, 0.5) is 17.6 Å². The van der Waals surface area contributed by atoms with Crippen molar-refractivity contribution >= 4 is 11.0 Å². The van der Waals surface area contributed by atoms with Crippen LogP contribution in [-0.2, 0) is 12.8 Å². The molecular weight excluding hydrogens is 428 g/mol. The van der Waals surface area contributed by atoms with Crippen LogP contribution >= 0.6 is 0 Å². The Labute approximate surface area is 179 Å². The number of aryl methyl sites for hydroxylation is 1. The Bertz CT molecular complexity index is 1320. The molecule has 0 aliphatic rings. The summed E-state index contributed by atoms with van der Waals surface area (Å²) in [6.45, 7) is 1.66. The third kappa shape index (κ3) is 4.44. The molecule has 8 heteroatoms. The Hall–Kier alpha value is -3.81. The van der Waals surface area contributed by atoms with Gasteiger partial charge in [0, 0.05) is 11.6 Å². The molecule has 4 aromatic rings. The van der Waals surface area contributed by atoms with Gasteiger partial charge in [-0.1, -0.05) is 35.9 Å². The van der Waals surface area contributed by atoms with Gasteiger partial charge in [-0.25, -0.2) is 4.39 Å². The number of halogens is 4. The van der Waals surface area contributed by atoms with E-state index >= 15 is 0 Å². The minimum atomic E-state index is -4.97. The molecule has 0 saturated carbocycles. The predicted molar refractivity (Wildman–Crippen MR) is 109 cm³/mol. The fourth-order valence-corrected chi connectivity index (χ4v) is 3.03. The molecule has 0 aliphatic heterocycles. The summed E-state index contributed by atoms with van der Waals surface area (Å²) in [5, 5.41) is -0.113. The molecule has 0 saturated heterocycles. The summed E-state index contributed by atoms with van der Waals surface area (Å²) in [5.74, 6) is -2.80.